The first-order valence-electron chi connectivity index (χ1n) is 15.2. The lowest BCUT2D eigenvalue weighted by atomic mass is 10.1. The van der Waals surface area contributed by atoms with E-state index >= 15 is 0 Å². The lowest BCUT2D eigenvalue weighted by molar-refractivity contribution is -0.154. The van der Waals surface area contributed by atoms with Crippen molar-refractivity contribution in [3.8, 4) is 0 Å². The van der Waals surface area contributed by atoms with Gasteiger partial charge in [-0.05, 0) is 32.1 Å². The second-order valence-electron chi connectivity index (χ2n) is 9.97. The number of carbonyl (C=O) groups is 1. The fourth-order valence-electron chi connectivity index (χ4n) is 3.94. The van der Waals surface area contributed by atoms with E-state index in [0.717, 1.165) is 51.4 Å². The van der Waals surface area contributed by atoms with Gasteiger partial charge < -0.3 is 20.1 Å². The molecule has 226 valence electrons. The highest BCUT2D eigenvalue weighted by Gasteiger charge is 2.25. The summed E-state index contributed by atoms with van der Waals surface area (Å²) in [4.78, 5) is 22.1. The van der Waals surface area contributed by atoms with Crippen molar-refractivity contribution in [1.82, 2.24) is 0 Å². The van der Waals surface area contributed by atoms with Gasteiger partial charge >= 0.3 is 13.8 Å². The van der Waals surface area contributed by atoms with Crippen LogP contribution < -0.4 is 5.73 Å². The van der Waals surface area contributed by atoms with Crippen molar-refractivity contribution >= 4 is 13.8 Å². The smallest absolute Gasteiger partial charge is 0.457 e. The molecule has 0 aliphatic carbocycles. The van der Waals surface area contributed by atoms with Crippen molar-refractivity contribution < 1.29 is 32.8 Å². The molecule has 0 heterocycles. The third kappa shape index (κ3) is 26.8. The predicted octanol–water partition coefficient (Wildman–Crippen LogP) is 7.62. The summed E-state index contributed by atoms with van der Waals surface area (Å²) in [5, 5.41) is 0. The zero-order valence-corrected chi connectivity index (χ0v) is 25.3. The normalized spacial score (nSPS) is 14.1. The van der Waals surface area contributed by atoms with Crippen LogP contribution in [0.3, 0.4) is 0 Å². The van der Waals surface area contributed by atoms with Gasteiger partial charge in [0.2, 0.25) is 0 Å². The number of phosphoric acid groups is 1. The molecule has 0 aliphatic heterocycles. The van der Waals surface area contributed by atoms with Crippen molar-refractivity contribution in [2.45, 2.75) is 136 Å². The van der Waals surface area contributed by atoms with E-state index in [0.29, 0.717) is 13.0 Å². The van der Waals surface area contributed by atoms with Crippen molar-refractivity contribution in [2.75, 3.05) is 33.0 Å². The number of esters is 1. The molecule has 0 aromatic carbocycles. The second kappa shape index (κ2) is 27.8. The fourth-order valence-corrected chi connectivity index (χ4v) is 4.70. The average molecular weight is 564 g/mol. The van der Waals surface area contributed by atoms with E-state index in [9.17, 15) is 14.3 Å². The van der Waals surface area contributed by atoms with Gasteiger partial charge in [0.15, 0.2) is 0 Å². The van der Waals surface area contributed by atoms with Crippen LogP contribution in [0.2, 0.25) is 0 Å². The van der Waals surface area contributed by atoms with E-state index in [2.05, 4.69) is 26.0 Å². The Kier molecular flexibility index (Phi) is 27.2. The summed E-state index contributed by atoms with van der Waals surface area (Å²) in [5.41, 5.74) is 5.31. The first-order chi connectivity index (χ1) is 18.4. The summed E-state index contributed by atoms with van der Waals surface area (Å²) >= 11 is 0. The highest BCUT2D eigenvalue weighted by molar-refractivity contribution is 7.47. The van der Waals surface area contributed by atoms with Crippen LogP contribution in [0.25, 0.3) is 0 Å². The monoisotopic (exact) mass is 563 g/mol. The van der Waals surface area contributed by atoms with E-state index in [1.165, 1.54) is 57.8 Å². The van der Waals surface area contributed by atoms with E-state index < -0.39 is 13.9 Å². The molecule has 0 saturated carbocycles. The number of hydrogen-bond donors (Lipinski definition) is 2. The fraction of sp³-hybridized carbons (Fsp3) is 0.897. The number of allylic oxidation sites excluding steroid dienone is 2. The van der Waals surface area contributed by atoms with Gasteiger partial charge in [0.05, 0.1) is 19.8 Å². The standard InChI is InChI=1S/C29H58NO7P/c1-3-5-7-9-11-13-14-16-18-20-22-29(31)37-28(27-36-38(32,33)35-25-23-30)26-34-24-21-19-17-15-12-10-8-6-4-2/h7,9,28H,3-6,8,10-27,30H2,1-2H3,(H,32,33)/b9-7-. The van der Waals surface area contributed by atoms with Crippen LogP contribution in [0.15, 0.2) is 12.2 Å². The average Bonchev–Trinajstić information content (AvgIpc) is 2.90. The van der Waals surface area contributed by atoms with Gasteiger partial charge in [-0.3, -0.25) is 13.8 Å². The molecule has 8 nitrogen and oxygen atoms in total. The van der Waals surface area contributed by atoms with Gasteiger partial charge in [0.25, 0.3) is 0 Å². The maximum absolute atomic E-state index is 12.4. The molecule has 0 aliphatic rings. The van der Waals surface area contributed by atoms with Gasteiger partial charge in [-0.25, -0.2) is 4.57 Å². The lowest BCUT2D eigenvalue weighted by Gasteiger charge is -2.20. The van der Waals surface area contributed by atoms with Gasteiger partial charge in [0, 0.05) is 19.6 Å². The van der Waals surface area contributed by atoms with E-state index in [1.807, 2.05) is 0 Å². The molecule has 0 amide bonds. The van der Waals surface area contributed by atoms with Gasteiger partial charge in [0.1, 0.15) is 6.10 Å². The minimum atomic E-state index is -4.25. The Labute approximate surface area is 233 Å². The molecule has 0 bridgehead atoms. The Balaban J connectivity index is 4.20. The first kappa shape index (κ1) is 37.2. The van der Waals surface area contributed by atoms with E-state index in [-0.39, 0.29) is 32.3 Å². The van der Waals surface area contributed by atoms with Crippen LogP contribution in [-0.2, 0) is 27.9 Å². The number of rotatable bonds is 29. The SMILES string of the molecule is CCC/C=C\CCCCCCCC(=O)OC(COCCCCCCCCCCC)COP(=O)(O)OCCN. The topological polar surface area (TPSA) is 117 Å². The third-order valence-electron chi connectivity index (χ3n) is 6.16. The molecule has 2 unspecified atom stereocenters. The van der Waals surface area contributed by atoms with Crippen LogP contribution in [-0.4, -0.2) is 49.9 Å². The molecule has 0 rings (SSSR count). The molecule has 9 heteroatoms. The number of nitrogens with two attached hydrogens (primary N) is 1. The zero-order valence-electron chi connectivity index (χ0n) is 24.4. The van der Waals surface area contributed by atoms with Crippen LogP contribution in [0.1, 0.15) is 129 Å². The van der Waals surface area contributed by atoms with Crippen LogP contribution in [0.5, 0.6) is 0 Å². The van der Waals surface area contributed by atoms with Gasteiger partial charge in [-0.15, -0.1) is 0 Å². The van der Waals surface area contributed by atoms with Gasteiger partial charge in [-0.2, -0.15) is 0 Å². The predicted molar refractivity (Wildman–Crippen MR) is 155 cm³/mol. The minimum Gasteiger partial charge on any atom is -0.457 e. The molecule has 0 radical (unpaired) electrons. The molecule has 38 heavy (non-hydrogen) atoms. The third-order valence-corrected chi connectivity index (χ3v) is 7.15. The molecular weight excluding hydrogens is 505 g/mol. The Morgan fingerprint density at radius 3 is 2.03 bits per heavy atom. The van der Waals surface area contributed by atoms with Crippen molar-refractivity contribution in [2.24, 2.45) is 5.73 Å². The first-order valence-corrected chi connectivity index (χ1v) is 16.7. The summed E-state index contributed by atoms with van der Waals surface area (Å²) in [6.45, 7) is 4.81. The maximum Gasteiger partial charge on any atom is 0.472 e. The van der Waals surface area contributed by atoms with Crippen LogP contribution in [0.4, 0.5) is 0 Å². The molecule has 2 atom stereocenters. The maximum atomic E-state index is 12.4. The summed E-state index contributed by atoms with van der Waals surface area (Å²) in [5.74, 6) is -0.344. The number of hydrogen-bond acceptors (Lipinski definition) is 7. The van der Waals surface area contributed by atoms with E-state index in [1.54, 1.807) is 0 Å². The number of carbonyl (C=O) groups excluding carboxylic acids is 1. The number of ether oxygens (including phenoxy) is 2. The molecule has 0 aromatic heterocycles. The molecule has 0 spiro atoms. The van der Waals surface area contributed by atoms with Crippen molar-refractivity contribution in [1.29, 1.82) is 0 Å². The molecule has 0 saturated heterocycles. The molecule has 0 aromatic rings. The van der Waals surface area contributed by atoms with Gasteiger partial charge in [-0.1, -0.05) is 103 Å². The van der Waals surface area contributed by atoms with E-state index in [4.69, 9.17) is 24.3 Å². The Morgan fingerprint density at radius 1 is 0.763 bits per heavy atom. The largest absolute Gasteiger partial charge is 0.472 e. The molecular formula is C29H58NO7P. The van der Waals surface area contributed by atoms with Crippen LogP contribution in [0, 0.1) is 0 Å². The summed E-state index contributed by atoms with van der Waals surface area (Å²) in [6.07, 6.45) is 23.7. The quantitative estimate of drug-likeness (QED) is 0.0413. The van der Waals surface area contributed by atoms with Crippen molar-refractivity contribution in [3.05, 3.63) is 12.2 Å². The summed E-state index contributed by atoms with van der Waals surface area (Å²) < 4.78 is 33.0. The number of unbranched alkanes of at least 4 members (excludes halogenated alkanes) is 14. The molecule has 0 fully saturated rings. The number of phosphoric ester groups is 1. The Morgan fingerprint density at radius 2 is 1.37 bits per heavy atom. The van der Waals surface area contributed by atoms with Crippen molar-refractivity contribution in [3.63, 3.8) is 0 Å². The highest BCUT2D eigenvalue weighted by Crippen LogP contribution is 2.43. The Bertz CT molecular complexity index is 603. The van der Waals surface area contributed by atoms with Crippen LogP contribution >= 0.6 is 7.82 Å². The second-order valence-corrected chi connectivity index (χ2v) is 11.4. The minimum absolute atomic E-state index is 0.0949. The highest BCUT2D eigenvalue weighted by atomic mass is 31.2. The Hall–Kier alpha value is -0.760. The summed E-state index contributed by atoms with van der Waals surface area (Å²) in [7, 11) is -4.25. The summed E-state index contributed by atoms with van der Waals surface area (Å²) in [6, 6.07) is 0. The zero-order chi connectivity index (χ0) is 28.2. The lowest BCUT2D eigenvalue weighted by Crippen LogP contribution is -2.28. The molecule has 3 N–H and O–H groups in total.